The Morgan fingerprint density at radius 1 is 1.54 bits per heavy atom. The Morgan fingerprint density at radius 3 is 2.77 bits per heavy atom. The molecule has 72 valence electrons. The zero-order valence-electron chi connectivity index (χ0n) is 7.29. The van der Waals surface area contributed by atoms with Crippen LogP contribution >= 0.6 is 0 Å². The maximum Gasteiger partial charge on any atom is 0.169 e. The van der Waals surface area contributed by atoms with Crippen molar-refractivity contribution in [3.63, 3.8) is 0 Å². The predicted molar refractivity (Wildman–Crippen MR) is 47.0 cm³/mol. The molecule has 13 heavy (non-hydrogen) atoms. The van der Waals surface area contributed by atoms with E-state index in [9.17, 15) is 4.39 Å². The number of aromatic hydroxyl groups is 1. The lowest BCUT2D eigenvalue weighted by molar-refractivity contribution is 0.247. The van der Waals surface area contributed by atoms with Crippen molar-refractivity contribution in [2.45, 2.75) is 6.04 Å². The zero-order chi connectivity index (χ0) is 9.84. The van der Waals surface area contributed by atoms with E-state index in [-0.39, 0.29) is 12.2 Å². The number of phenolic OH excluding ortho intramolecular Hbond substituents is 1. The average Bonchev–Trinajstić information content (AvgIpc) is 2.14. The number of hydrogen-bond donors (Lipinski definition) is 3. The van der Waals surface area contributed by atoms with Crippen molar-refractivity contribution in [1.29, 1.82) is 0 Å². The summed E-state index contributed by atoms with van der Waals surface area (Å²) in [6.07, 6.45) is 0. The van der Waals surface area contributed by atoms with Gasteiger partial charge in [-0.3, -0.25) is 0 Å². The number of rotatable bonds is 3. The summed E-state index contributed by atoms with van der Waals surface area (Å²) in [5.41, 5.74) is 0.269. The van der Waals surface area contributed by atoms with Crippen LogP contribution in [0.4, 0.5) is 4.39 Å². The first kappa shape index (κ1) is 9.95. The fourth-order valence-corrected chi connectivity index (χ4v) is 1.15. The second-order valence-electron chi connectivity index (χ2n) is 2.70. The minimum Gasteiger partial charge on any atom is -0.505 e. The van der Waals surface area contributed by atoms with Crippen molar-refractivity contribution < 1.29 is 14.6 Å². The van der Waals surface area contributed by atoms with Gasteiger partial charge in [0.15, 0.2) is 11.6 Å². The number of benzene rings is 1. The molecule has 0 saturated carbocycles. The molecule has 0 spiro atoms. The number of halogens is 1. The highest BCUT2D eigenvalue weighted by Gasteiger charge is 2.14. The molecule has 1 aromatic rings. The molecule has 3 nitrogen and oxygen atoms in total. The summed E-state index contributed by atoms with van der Waals surface area (Å²) in [6.45, 7) is -0.211. The fourth-order valence-electron chi connectivity index (χ4n) is 1.15. The Morgan fingerprint density at radius 2 is 2.23 bits per heavy atom. The van der Waals surface area contributed by atoms with Gasteiger partial charge < -0.3 is 15.5 Å². The number of aliphatic hydroxyl groups excluding tert-OH is 1. The predicted octanol–water partition coefficient (Wildman–Crippen LogP) is 0.784. The largest absolute Gasteiger partial charge is 0.505 e. The van der Waals surface area contributed by atoms with Gasteiger partial charge in [0.25, 0.3) is 0 Å². The summed E-state index contributed by atoms with van der Waals surface area (Å²) in [7, 11) is 1.62. The van der Waals surface area contributed by atoms with Gasteiger partial charge in [-0.2, -0.15) is 0 Å². The monoisotopic (exact) mass is 185 g/mol. The normalized spacial score (nSPS) is 12.8. The quantitative estimate of drug-likeness (QED) is 0.652. The molecule has 0 aliphatic carbocycles. The molecule has 0 heterocycles. The number of phenols is 1. The Labute approximate surface area is 75.8 Å². The van der Waals surface area contributed by atoms with E-state index in [4.69, 9.17) is 10.2 Å². The van der Waals surface area contributed by atoms with Crippen LogP contribution in [0.3, 0.4) is 0 Å². The van der Waals surface area contributed by atoms with Crippen LogP contribution in [0.25, 0.3) is 0 Å². The van der Waals surface area contributed by atoms with Gasteiger partial charge in [0.05, 0.1) is 12.6 Å². The zero-order valence-corrected chi connectivity index (χ0v) is 7.29. The third kappa shape index (κ3) is 1.96. The van der Waals surface area contributed by atoms with Crippen molar-refractivity contribution in [2.75, 3.05) is 13.7 Å². The van der Waals surface area contributed by atoms with E-state index in [0.29, 0.717) is 0 Å². The highest BCUT2D eigenvalue weighted by molar-refractivity contribution is 5.31. The van der Waals surface area contributed by atoms with Crippen molar-refractivity contribution in [3.05, 3.63) is 29.6 Å². The molecule has 0 fully saturated rings. The van der Waals surface area contributed by atoms with Crippen molar-refractivity contribution in [1.82, 2.24) is 5.32 Å². The lowest BCUT2D eigenvalue weighted by Crippen LogP contribution is -2.21. The summed E-state index contributed by atoms with van der Waals surface area (Å²) in [5, 5.41) is 20.7. The van der Waals surface area contributed by atoms with Gasteiger partial charge in [-0.05, 0) is 13.1 Å². The van der Waals surface area contributed by atoms with Crippen LogP contribution in [-0.4, -0.2) is 23.9 Å². The van der Waals surface area contributed by atoms with Crippen LogP contribution in [0.1, 0.15) is 11.6 Å². The second kappa shape index (κ2) is 4.20. The highest BCUT2D eigenvalue weighted by atomic mass is 19.1. The second-order valence-corrected chi connectivity index (χ2v) is 2.70. The minimum absolute atomic E-state index is 0.211. The van der Waals surface area contributed by atoms with Crippen LogP contribution in [0.5, 0.6) is 5.75 Å². The third-order valence-electron chi connectivity index (χ3n) is 1.91. The third-order valence-corrected chi connectivity index (χ3v) is 1.91. The van der Waals surface area contributed by atoms with Gasteiger partial charge in [-0.1, -0.05) is 12.1 Å². The summed E-state index contributed by atoms with van der Waals surface area (Å²) in [5.74, 6) is -1.08. The molecule has 1 atom stereocenters. The standard InChI is InChI=1S/C9H12FNO2/c1-11-7(5-12)6-3-2-4-8(13)9(6)10/h2-4,7,11-13H,5H2,1H3/t7-/m0/s1. The fraction of sp³-hybridized carbons (Fsp3) is 0.333. The van der Waals surface area contributed by atoms with E-state index >= 15 is 0 Å². The summed E-state index contributed by atoms with van der Waals surface area (Å²) < 4.78 is 13.2. The SMILES string of the molecule is CN[C@@H](CO)c1cccc(O)c1F. The molecule has 0 radical (unpaired) electrons. The molecule has 4 heteroatoms. The van der Waals surface area contributed by atoms with Crippen LogP contribution in [-0.2, 0) is 0 Å². The molecule has 0 bridgehead atoms. The Kier molecular flexibility index (Phi) is 3.22. The average molecular weight is 185 g/mol. The van der Waals surface area contributed by atoms with E-state index in [1.54, 1.807) is 7.05 Å². The number of aliphatic hydroxyl groups is 1. The summed E-state index contributed by atoms with van der Waals surface area (Å²) in [4.78, 5) is 0. The maximum atomic E-state index is 13.2. The van der Waals surface area contributed by atoms with Gasteiger partial charge in [0.2, 0.25) is 0 Å². The van der Waals surface area contributed by atoms with Crippen molar-refractivity contribution in [3.8, 4) is 5.75 Å². The first-order valence-corrected chi connectivity index (χ1v) is 3.96. The summed E-state index contributed by atoms with van der Waals surface area (Å²) in [6, 6.07) is 3.84. The topological polar surface area (TPSA) is 52.5 Å². The number of hydrogen-bond acceptors (Lipinski definition) is 3. The highest BCUT2D eigenvalue weighted by Crippen LogP contribution is 2.23. The van der Waals surface area contributed by atoms with E-state index in [0.717, 1.165) is 0 Å². The van der Waals surface area contributed by atoms with Crippen molar-refractivity contribution in [2.24, 2.45) is 0 Å². The minimum atomic E-state index is -0.684. The molecule has 1 rings (SSSR count). The van der Waals surface area contributed by atoms with Crippen LogP contribution in [0, 0.1) is 5.82 Å². The smallest absolute Gasteiger partial charge is 0.169 e. The molecular formula is C9H12FNO2. The van der Waals surface area contributed by atoms with Crippen LogP contribution in [0.15, 0.2) is 18.2 Å². The first-order valence-electron chi connectivity index (χ1n) is 3.96. The number of likely N-dealkylation sites (N-methyl/N-ethyl adjacent to an activating group) is 1. The van der Waals surface area contributed by atoms with E-state index in [2.05, 4.69) is 5.32 Å². The lowest BCUT2D eigenvalue weighted by Gasteiger charge is -2.14. The molecule has 0 aliphatic heterocycles. The van der Waals surface area contributed by atoms with Crippen LogP contribution in [0.2, 0.25) is 0 Å². The Bertz CT molecular complexity index is 287. The Balaban J connectivity index is 3.05. The molecule has 0 aromatic heterocycles. The van der Waals surface area contributed by atoms with Gasteiger partial charge in [0, 0.05) is 5.56 Å². The molecule has 0 saturated heterocycles. The molecule has 3 N–H and O–H groups in total. The van der Waals surface area contributed by atoms with Gasteiger partial charge in [-0.15, -0.1) is 0 Å². The first-order chi connectivity index (χ1) is 6.20. The van der Waals surface area contributed by atoms with Gasteiger partial charge >= 0.3 is 0 Å². The molecule has 0 amide bonds. The molecule has 1 aromatic carbocycles. The molecule has 0 unspecified atom stereocenters. The summed E-state index contributed by atoms with van der Waals surface area (Å²) >= 11 is 0. The molecule has 0 aliphatic rings. The van der Waals surface area contributed by atoms with E-state index < -0.39 is 17.6 Å². The van der Waals surface area contributed by atoms with E-state index in [1.165, 1.54) is 18.2 Å². The maximum absolute atomic E-state index is 13.2. The van der Waals surface area contributed by atoms with Gasteiger partial charge in [0.1, 0.15) is 0 Å². The van der Waals surface area contributed by atoms with E-state index in [1.807, 2.05) is 0 Å². The number of nitrogens with one attached hydrogen (secondary N) is 1. The molecular weight excluding hydrogens is 173 g/mol. The van der Waals surface area contributed by atoms with Crippen LogP contribution < -0.4 is 5.32 Å². The van der Waals surface area contributed by atoms with Gasteiger partial charge in [-0.25, -0.2) is 4.39 Å². The Hall–Kier alpha value is -1.13. The lowest BCUT2D eigenvalue weighted by atomic mass is 10.1. The van der Waals surface area contributed by atoms with Crippen molar-refractivity contribution >= 4 is 0 Å².